The first-order valence-corrected chi connectivity index (χ1v) is 8.11. The largest absolute Gasteiger partial charge is 0.356 e. The van der Waals surface area contributed by atoms with Crippen molar-refractivity contribution in [3.05, 3.63) is 64.7 Å². The van der Waals surface area contributed by atoms with Crippen LogP contribution in [0, 0.1) is 20.8 Å². The van der Waals surface area contributed by atoms with Gasteiger partial charge < -0.3 is 10.6 Å². The van der Waals surface area contributed by atoms with E-state index in [9.17, 15) is 0 Å². The van der Waals surface area contributed by atoms with Gasteiger partial charge >= 0.3 is 0 Å². The molecule has 22 heavy (non-hydrogen) atoms. The Bertz CT molecular complexity index is 644. The smallest absolute Gasteiger partial charge is 0.171 e. The summed E-state index contributed by atoms with van der Waals surface area (Å²) >= 11 is 5.49. The summed E-state index contributed by atoms with van der Waals surface area (Å²) in [5.74, 6) is 0. The van der Waals surface area contributed by atoms with Gasteiger partial charge in [-0.05, 0) is 73.8 Å². The van der Waals surface area contributed by atoms with Gasteiger partial charge in [0, 0.05) is 5.69 Å². The fourth-order valence-corrected chi connectivity index (χ4v) is 3.01. The van der Waals surface area contributed by atoms with Gasteiger partial charge in [0.05, 0.1) is 6.04 Å². The van der Waals surface area contributed by atoms with Gasteiger partial charge in [0.1, 0.15) is 0 Å². The van der Waals surface area contributed by atoms with Crippen LogP contribution < -0.4 is 10.6 Å². The van der Waals surface area contributed by atoms with Gasteiger partial charge in [0.2, 0.25) is 0 Å². The standard InChI is InChI=1S/C19H24N2S/c1-5-18(17-9-7-6-8-15(17)4)21-19(22)20-16-11-13(2)10-14(3)12-16/h6-12,18H,5H2,1-4H3,(H2,20,21,22)/t18-/m1/s1. The molecule has 2 aromatic rings. The molecule has 0 unspecified atom stereocenters. The number of thiocarbonyl (C=S) groups is 1. The number of hydrogen-bond acceptors (Lipinski definition) is 1. The minimum absolute atomic E-state index is 0.229. The summed E-state index contributed by atoms with van der Waals surface area (Å²) in [5.41, 5.74) is 6.09. The second kappa shape index (κ2) is 7.41. The van der Waals surface area contributed by atoms with E-state index in [1.165, 1.54) is 22.3 Å². The van der Waals surface area contributed by atoms with Crippen LogP contribution in [0.2, 0.25) is 0 Å². The molecule has 0 spiro atoms. The second-order valence-electron chi connectivity index (χ2n) is 5.79. The minimum atomic E-state index is 0.229. The van der Waals surface area contributed by atoms with Crippen LogP contribution in [0.4, 0.5) is 5.69 Å². The Morgan fingerprint density at radius 2 is 1.68 bits per heavy atom. The summed E-state index contributed by atoms with van der Waals surface area (Å²) in [6.07, 6.45) is 0.986. The highest BCUT2D eigenvalue weighted by Gasteiger charge is 2.12. The van der Waals surface area contributed by atoms with E-state index < -0.39 is 0 Å². The molecular formula is C19H24N2S. The summed E-state index contributed by atoms with van der Waals surface area (Å²) in [4.78, 5) is 0. The molecule has 0 heterocycles. The average Bonchev–Trinajstić information content (AvgIpc) is 2.44. The maximum absolute atomic E-state index is 5.49. The lowest BCUT2D eigenvalue weighted by Gasteiger charge is -2.22. The first-order chi connectivity index (χ1) is 10.5. The van der Waals surface area contributed by atoms with Crippen molar-refractivity contribution in [1.82, 2.24) is 5.32 Å². The zero-order chi connectivity index (χ0) is 16.1. The van der Waals surface area contributed by atoms with Crippen molar-refractivity contribution in [1.29, 1.82) is 0 Å². The second-order valence-corrected chi connectivity index (χ2v) is 6.20. The van der Waals surface area contributed by atoms with E-state index in [0.717, 1.165) is 12.1 Å². The van der Waals surface area contributed by atoms with Gasteiger partial charge in [0.15, 0.2) is 5.11 Å². The van der Waals surface area contributed by atoms with E-state index in [1.54, 1.807) is 0 Å². The Hall–Kier alpha value is -1.87. The van der Waals surface area contributed by atoms with Crippen LogP contribution >= 0.6 is 12.2 Å². The average molecular weight is 312 g/mol. The fourth-order valence-electron chi connectivity index (χ4n) is 2.75. The van der Waals surface area contributed by atoms with Gasteiger partial charge in [-0.1, -0.05) is 37.3 Å². The number of anilines is 1. The van der Waals surface area contributed by atoms with Crippen LogP contribution in [-0.4, -0.2) is 5.11 Å². The molecule has 0 bridgehead atoms. The Balaban J connectivity index is 2.08. The third kappa shape index (κ3) is 4.31. The number of nitrogens with one attached hydrogen (secondary N) is 2. The maximum Gasteiger partial charge on any atom is 0.171 e. The predicted octanol–water partition coefficient (Wildman–Crippen LogP) is 5.05. The molecule has 0 saturated carbocycles. The van der Waals surface area contributed by atoms with E-state index in [-0.39, 0.29) is 6.04 Å². The first-order valence-electron chi connectivity index (χ1n) is 7.71. The van der Waals surface area contributed by atoms with E-state index >= 15 is 0 Å². The molecule has 0 fully saturated rings. The van der Waals surface area contributed by atoms with Crippen LogP contribution in [0.15, 0.2) is 42.5 Å². The quantitative estimate of drug-likeness (QED) is 0.773. The topological polar surface area (TPSA) is 24.1 Å². The minimum Gasteiger partial charge on any atom is -0.356 e. The lowest BCUT2D eigenvalue weighted by molar-refractivity contribution is 0.625. The van der Waals surface area contributed by atoms with E-state index in [4.69, 9.17) is 12.2 Å². The highest BCUT2D eigenvalue weighted by Crippen LogP contribution is 2.21. The summed E-state index contributed by atoms with van der Waals surface area (Å²) in [6.45, 7) is 8.50. The van der Waals surface area contributed by atoms with Crippen molar-refractivity contribution in [3.8, 4) is 0 Å². The van der Waals surface area contributed by atoms with Crippen LogP contribution in [0.25, 0.3) is 0 Å². The molecule has 2 N–H and O–H groups in total. The SMILES string of the molecule is CC[C@@H](NC(=S)Nc1cc(C)cc(C)c1)c1ccccc1C. The maximum atomic E-state index is 5.49. The Morgan fingerprint density at radius 1 is 1.05 bits per heavy atom. The molecule has 2 nitrogen and oxygen atoms in total. The molecule has 116 valence electrons. The number of aryl methyl sites for hydroxylation is 3. The molecule has 0 aliphatic heterocycles. The van der Waals surface area contributed by atoms with Crippen molar-refractivity contribution >= 4 is 23.0 Å². The van der Waals surface area contributed by atoms with Crippen LogP contribution in [0.1, 0.15) is 41.6 Å². The molecule has 2 rings (SSSR count). The highest BCUT2D eigenvalue weighted by molar-refractivity contribution is 7.80. The highest BCUT2D eigenvalue weighted by atomic mass is 32.1. The molecular weight excluding hydrogens is 288 g/mol. The van der Waals surface area contributed by atoms with Crippen molar-refractivity contribution in [3.63, 3.8) is 0 Å². The molecule has 0 radical (unpaired) electrons. The number of rotatable bonds is 4. The lowest BCUT2D eigenvalue weighted by atomic mass is 10.00. The van der Waals surface area contributed by atoms with Gasteiger partial charge in [-0.2, -0.15) is 0 Å². The van der Waals surface area contributed by atoms with E-state index in [0.29, 0.717) is 5.11 Å². The molecule has 0 aliphatic carbocycles. The number of benzene rings is 2. The number of hydrogen-bond donors (Lipinski definition) is 2. The summed E-state index contributed by atoms with van der Waals surface area (Å²) < 4.78 is 0. The zero-order valence-corrected chi connectivity index (χ0v) is 14.6. The molecule has 0 aliphatic rings. The normalized spacial score (nSPS) is 11.8. The van der Waals surface area contributed by atoms with Gasteiger partial charge in [0.25, 0.3) is 0 Å². The van der Waals surface area contributed by atoms with Gasteiger partial charge in [-0.3, -0.25) is 0 Å². The van der Waals surface area contributed by atoms with Crippen LogP contribution in [0.3, 0.4) is 0 Å². The monoisotopic (exact) mass is 312 g/mol. The van der Waals surface area contributed by atoms with E-state index in [2.05, 4.69) is 80.8 Å². The van der Waals surface area contributed by atoms with Gasteiger partial charge in [-0.15, -0.1) is 0 Å². The Kier molecular flexibility index (Phi) is 5.56. The van der Waals surface area contributed by atoms with Crippen molar-refractivity contribution in [2.24, 2.45) is 0 Å². The van der Waals surface area contributed by atoms with Crippen LogP contribution in [-0.2, 0) is 0 Å². The molecule has 0 saturated heterocycles. The van der Waals surface area contributed by atoms with Crippen molar-refractivity contribution < 1.29 is 0 Å². The molecule has 0 aromatic heterocycles. The molecule has 3 heteroatoms. The zero-order valence-electron chi connectivity index (χ0n) is 13.7. The fraction of sp³-hybridized carbons (Fsp3) is 0.316. The Labute approximate surface area is 139 Å². The van der Waals surface area contributed by atoms with Crippen molar-refractivity contribution in [2.75, 3.05) is 5.32 Å². The van der Waals surface area contributed by atoms with Gasteiger partial charge in [-0.25, -0.2) is 0 Å². The third-order valence-electron chi connectivity index (χ3n) is 3.76. The van der Waals surface area contributed by atoms with Crippen LogP contribution in [0.5, 0.6) is 0 Å². The molecule has 1 atom stereocenters. The predicted molar refractivity (Wildman–Crippen MR) is 99.5 cm³/mol. The molecule has 2 aromatic carbocycles. The van der Waals surface area contributed by atoms with E-state index in [1.807, 2.05) is 0 Å². The van der Waals surface area contributed by atoms with Crippen molar-refractivity contribution in [2.45, 2.75) is 40.2 Å². The summed E-state index contributed by atoms with van der Waals surface area (Å²) in [7, 11) is 0. The summed E-state index contributed by atoms with van der Waals surface area (Å²) in [6, 6.07) is 15.0. The lowest BCUT2D eigenvalue weighted by Crippen LogP contribution is -2.32. The molecule has 0 amide bonds. The summed E-state index contributed by atoms with van der Waals surface area (Å²) in [5, 5.41) is 7.40. The Morgan fingerprint density at radius 3 is 2.27 bits per heavy atom. The first kappa shape index (κ1) is 16.5. The third-order valence-corrected chi connectivity index (χ3v) is 3.98.